The second-order valence-corrected chi connectivity index (χ2v) is 10.2. The average Bonchev–Trinajstić information content (AvgIpc) is 3.29. The highest BCUT2D eigenvalue weighted by Crippen LogP contribution is 2.37. The summed E-state index contributed by atoms with van der Waals surface area (Å²) in [5.41, 5.74) is 4.64. The first kappa shape index (κ1) is 21.7. The Morgan fingerprint density at radius 1 is 1.12 bits per heavy atom. The molecule has 6 nitrogen and oxygen atoms in total. The molecule has 2 aliphatic carbocycles. The molecule has 2 aliphatic rings. The Kier molecular flexibility index (Phi) is 6.33. The van der Waals surface area contributed by atoms with Crippen molar-refractivity contribution in [1.29, 1.82) is 0 Å². The van der Waals surface area contributed by atoms with Crippen LogP contribution in [0.3, 0.4) is 0 Å². The van der Waals surface area contributed by atoms with Gasteiger partial charge >= 0.3 is 0 Å². The maximum Gasteiger partial charge on any atom is 0.129 e. The van der Waals surface area contributed by atoms with Crippen LogP contribution in [0.4, 0.5) is 0 Å². The van der Waals surface area contributed by atoms with Crippen molar-refractivity contribution in [1.82, 2.24) is 30.0 Å². The molecule has 0 radical (unpaired) electrons. The number of H-pyrrole nitrogens is 1. The molecule has 0 aromatic carbocycles. The van der Waals surface area contributed by atoms with Crippen molar-refractivity contribution in [2.45, 2.75) is 70.4 Å². The molecule has 2 N–H and O–H groups in total. The van der Waals surface area contributed by atoms with Crippen LogP contribution in [0.15, 0.2) is 30.9 Å². The molecule has 32 heavy (non-hydrogen) atoms. The third-order valence-corrected chi connectivity index (χ3v) is 7.53. The molecule has 3 aromatic rings. The van der Waals surface area contributed by atoms with E-state index in [1.54, 1.807) is 6.20 Å². The molecular formula is C25H33ClN6. The van der Waals surface area contributed by atoms with Crippen LogP contribution in [0.5, 0.6) is 0 Å². The van der Waals surface area contributed by atoms with Gasteiger partial charge in [0.1, 0.15) is 5.82 Å². The van der Waals surface area contributed by atoms with Crippen LogP contribution < -0.4 is 5.32 Å². The number of aryl methyl sites for hydroxylation is 1. The lowest BCUT2D eigenvalue weighted by Gasteiger charge is -2.31. The number of nitrogens with zero attached hydrogens (tertiary/aromatic N) is 4. The van der Waals surface area contributed by atoms with Gasteiger partial charge in [0.05, 0.1) is 16.9 Å². The van der Waals surface area contributed by atoms with E-state index in [-0.39, 0.29) is 0 Å². The standard InChI is InChI=1S/C25H33ClN6/c1-16(19-13-28-29-14-19)30-20-7-5-18(6-8-20)12-24-27-15-22(26)25(31-24)21-9-10-32(2)23(21)11-17-3-4-17/h9-10,13-18,20,30H,3-8,11-12H2,1-2H3,(H,28,29). The summed E-state index contributed by atoms with van der Waals surface area (Å²) in [4.78, 5) is 9.55. The summed E-state index contributed by atoms with van der Waals surface area (Å²) in [6, 6.07) is 3.05. The fourth-order valence-corrected chi connectivity index (χ4v) is 5.25. The highest BCUT2D eigenvalue weighted by Gasteiger charge is 2.26. The van der Waals surface area contributed by atoms with Crippen molar-refractivity contribution in [3.8, 4) is 11.3 Å². The quantitative estimate of drug-likeness (QED) is 0.488. The average molecular weight is 453 g/mol. The zero-order valence-electron chi connectivity index (χ0n) is 19.0. The van der Waals surface area contributed by atoms with Gasteiger partial charge < -0.3 is 9.88 Å². The normalized spacial score (nSPS) is 22.2. The SMILES string of the molecule is CC(NC1CCC(Cc2ncc(Cl)c(-c3ccn(C)c3CC3CC3)n2)CC1)c1cn[nH]c1. The maximum absolute atomic E-state index is 6.57. The Morgan fingerprint density at radius 2 is 1.88 bits per heavy atom. The van der Waals surface area contributed by atoms with Crippen molar-refractivity contribution >= 4 is 11.6 Å². The Hall–Kier alpha value is -2.18. The predicted molar refractivity (Wildman–Crippen MR) is 127 cm³/mol. The van der Waals surface area contributed by atoms with E-state index in [0.717, 1.165) is 30.3 Å². The molecule has 1 unspecified atom stereocenters. The zero-order valence-corrected chi connectivity index (χ0v) is 19.8. The molecule has 0 spiro atoms. The summed E-state index contributed by atoms with van der Waals surface area (Å²) in [5, 5.41) is 11.4. The predicted octanol–water partition coefficient (Wildman–Crippen LogP) is 5.26. The Labute approximate surface area is 195 Å². The van der Waals surface area contributed by atoms with Gasteiger partial charge in [0.25, 0.3) is 0 Å². The van der Waals surface area contributed by atoms with Crippen molar-refractivity contribution in [3.63, 3.8) is 0 Å². The van der Waals surface area contributed by atoms with E-state index in [4.69, 9.17) is 16.6 Å². The minimum Gasteiger partial charge on any atom is -0.354 e. The Bertz CT molecular complexity index is 1030. The number of nitrogens with one attached hydrogen (secondary N) is 2. The molecule has 0 aliphatic heterocycles. The smallest absolute Gasteiger partial charge is 0.129 e. The lowest BCUT2D eigenvalue weighted by Crippen LogP contribution is -2.35. The van der Waals surface area contributed by atoms with Gasteiger partial charge in [-0.05, 0) is 69.8 Å². The van der Waals surface area contributed by atoms with E-state index in [2.05, 4.69) is 51.3 Å². The molecule has 2 fully saturated rings. The van der Waals surface area contributed by atoms with Crippen molar-refractivity contribution in [2.75, 3.05) is 0 Å². The number of hydrogen-bond donors (Lipinski definition) is 2. The van der Waals surface area contributed by atoms with Crippen molar-refractivity contribution < 1.29 is 0 Å². The number of hydrogen-bond acceptors (Lipinski definition) is 4. The van der Waals surface area contributed by atoms with Gasteiger partial charge in [-0.1, -0.05) is 11.6 Å². The highest BCUT2D eigenvalue weighted by atomic mass is 35.5. The van der Waals surface area contributed by atoms with E-state index >= 15 is 0 Å². The van der Waals surface area contributed by atoms with Crippen LogP contribution in [0, 0.1) is 11.8 Å². The fraction of sp³-hybridized carbons (Fsp3) is 0.560. The van der Waals surface area contributed by atoms with Crippen LogP contribution >= 0.6 is 11.6 Å². The number of halogens is 1. The Morgan fingerprint density at radius 3 is 2.59 bits per heavy atom. The summed E-state index contributed by atoms with van der Waals surface area (Å²) >= 11 is 6.57. The highest BCUT2D eigenvalue weighted by molar-refractivity contribution is 6.32. The maximum atomic E-state index is 6.57. The van der Waals surface area contributed by atoms with Crippen molar-refractivity contribution in [2.24, 2.45) is 18.9 Å². The molecule has 0 amide bonds. The molecule has 3 aromatic heterocycles. The lowest BCUT2D eigenvalue weighted by atomic mass is 9.83. The van der Waals surface area contributed by atoms with Gasteiger partial charge in [0.2, 0.25) is 0 Å². The molecule has 3 heterocycles. The fourth-order valence-electron chi connectivity index (χ4n) is 5.06. The second-order valence-electron chi connectivity index (χ2n) is 9.76. The van der Waals surface area contributed by atoms with E-state index in [1.807, 2.05) is 12.4 Å². The van der Waals surface area contributed by atoms with Crippen LogP contribution in [0.1, 0.15) is 68.6 Å². The summed E-state index contributed by atoms with van der Waals surface area (Å²) in [6.45, 7) is 2.21. The van der Waals surface area contributed by atoms with Crippen LogP contribution in [0.2, 0.25) is 5.02 Å². The molecule has 2 saturated carbocycles. The minimum absolute atomic E-state index is 0.327. The molecule has 5 rings (SSSR count). The van der Waals surface area contributed by atoms with E-state index in [0.29, 0.717) is 23.0 Å². The molecule has 1 atom stereocenters. The van der Waals surface area contributed by atoms with E-state index in [1.165, 1.54) is 55.3 Å². The molecular weight excluding hydrogens is 420 g/mol. The first-order valence-electron chi connectivity index (χ1n) is 12.0. The molecule has 170 valence electrons. The Balaban J connectivity index is 1.22. The molecule has 7 heteroatoms. The second kappa shape index (κ2) is 9.36. The van der Waals surface area contributed by atoms with Crippen LogP contribution in [0.25, 0.3) is 11.3 Å². The van der Waals surface area contributed by atoms with Crippen LogP contribution in [-0.4, -0.2) is 30.8 Å². The zero-order chi connectivity index (χ0) is 22.1. The first-order chi connectivity index (χ1) is 15.6. The van der Waals surface area contributed by atoms with Gasteiger partial charge in [0, 0.05) is 61.0 Å². The molecule has 0 bridgehead atoms. The molecule has 0 saturated heterocycles. The third kappa shape index (κ3) is 4.91. The van der Waals surface area contributed by atoms with E-state index in [9.17, 15) is 0 Å². The monoisotopic (exact) mass is 452 g/mol. The number of aromatic amines is 1. The summed E-state index contributed by atoms with van der Waals surface area (Å²) in [7, 11) is 2.12. The number of aromatic nitrogens is 5. The lowest BCUT2D eigenvalue weighted by molar-refractivity contribution is 0.274. The largest absolute Gasteiger partial charge is 0.354 e. The topological polar surface area (TPSA) is 71.4 Å². The number of rotatable bonds is 8. The van der Waals surface area contributed by atoms with Gasteiger partial charge in [-0.15, -0.1) is 0 Å². The van der Waals surface area contributed by atoms with Gasteiger partial charge in [-0.25, -0.2) is 9.97 Å². The first-order valence-corrected chi connectivity index (χ1v) is 12.3. The van der Waals surface area contributed by atoms with Crippen molar-refractivity contribution in [3.05, 3.63) is 53.0 Å². The third-order valence-electron chi connectivity index (χ3n) is 7.25. The van der Waals surface area contributed by atoms with E-state index < -0.39 is 0 Å². The van der Waals surface area contributed by atoms with Gasteiger partial charge in [0.15, 0.2) is 0 Å². The van der Waals surface area contributed by atoms with Gasteiger partial charge in [-0.2, -0.15) is 5.10 Å². The summed E-state index contributed by atoms with van der Waals surface area (Å²) < 4.78 is 2.23. The van der Waals surface area contributed by atoms with Gasteiger partial charge in [-0.3, -0.25) is 5.10 Å². The minimum atomic E-state index is 0.327. The summed E-state index contributed by atoms with van der Waals surface area (Å²) in [6.07, 6.45) is 17.3. The van der Waals surface area contributed by atoms with Crippen LogP contribution in [-0.2, 0) is 19.9 Å². The summed E-state index contributed by atoms with van der Waals surface area (Å²) in [5.74, 6) is 2.38.